The van der Waals surface area contributed by atoms with Crippen LogP contribution >= 0.6 is 0 Å². The summed E-state index contributed by atoms with van der Waals surface area (Å²) in [6.45, 7) is 3.17. The first-order valence-corrected chi connectivity index (χ1v) is 6.91. The van der Waals surface area contributed by atoms with Crippen molar-refractivity contribution in [3.05, 3.63) is 50.4 Å². The van der Waals surface area contributed by atoms with E-state index in [2.05, 4.69) is 20.5 Å². The molecule has 0 fully saturated rings. The number of hydrogen-bond donors (Lipinski definition) is 2. The fourth-order valence-corrected chi connectivity index (χ4v) is 2.05. The van der Waals surface area contributed by atoms with Crippen molar-refractivity contribution in [3.8, 4) is 11.4 Å². The van der Waals surface area contributed by atoms with Gasteiger partial charge in [-0.25, -0.2) is 0 Å². The van der Waals surface area contributed by atoms with Gasteiger partial charge >= 0.3 is 0 Å². The topological polar surface area (TPSA) is 131 Å². The quantitative estimate of drug-likeness (QED) is 0.631. The molecule has 0 aliphatic rings. The number of nitrogens with zero attached hydrogens (tertiary/aromatic N) is 3. The number of benzene rings is 1. The summed E-state index contributed by atoms with van der Waals surface area (Å²) < 4.78 is 0. The average molecular weight is 317 g/mol. The largest absolute Gasteiger partial charge is 0.348 e. The Balaban J connectivity index is 2.33. The van der Waals surface area contributed by atoms with Crippen LogP contribution in [0, 0.1) is 10.1 Å². The Hall–Kier alpha value is -3.10. The van der Waals surface area contributed by atoms with Crippen LogP contribution in [0.4, 0.5) is 5.69 Å². The van der Waals surface area contributed by atoms with E-state index in [0.29, 0.717) is 12.0 Å². The number of nitro benzene ring substituents is 1. The Morgan fingerprint density at radius 2 is 2.00 bits per heavy atom. The van der Waals surface area contributed by atoms with Crippen LogP contribution in [0.5, 0.6) is 0 Å². The summed E-state index contributed by atoms with van der Waals surface area (Å²) in [5.74, 6) is -0.0659. The molecular formula is C14H15N5O4. The van der Waals surface area contributed by atoms with Gasteiger partial charge in [-0.1, -0.05) is 6.92 Å². The number of carbonyl (C=O) groups excluding carboxylic acids is 1. The number of amides is 1. The summed E-state index contributed by atoms with van der Waals surface area (Å²) in [7, 11) is 0. The zero-order valence-electron chi connectivity index (χ0n) is 12.6. The Morgan fingerprint density at radius 1 is 1.35 bits per heavy atom. The number of aromatic nitrogens is 3. The average Bonchev–Trinajstić information content (AvgIpc) is 2.52. The van der Waals surface area contributed by atoms with Crippen molar-refractivity contribution < 1.29 is 9.72 Å². The van der Waals surface area contributed by atoms with Gasteiger partial charge in [0.05, 0.1) is 11.0 Å². The number of nitrogens with one attached hydrogen (secondary N) is 2. The van der Waals surface area contributed by atoms with Gasteiger partial charge in [-0.2, -0.15) is 0 Å². The molecule has 1 aromatic carbocycles. The van der Waals surface area contributed by atoms with Crippen LogP contribution in [-0.2, 0) is 4.79 Å². The summed E-state index contributed by atoms with van der Waals surface area (Å²) in [6.07, 6.45) is 0.494. The molecule has 1 amide bonds. The second kappa shape index (κ2) is 6.77. The predicted molar refractivity (Wildman–Crippen MR) is 81.6 cm³/mol. The molecule has 0 saturated heterocycles. The predicted octanol–water partition coefficient (Wildman–Crippen LogP) is 1.33. The lowest BCUT2D eigenvalue weighted by molar-refractivity contribution is -0.384. The standard InChI is InChI=1S/C14H15N5O4/c1-3-11(15-8(2)20)12-14(21)16-13(18-17-12)9-4-6-10(7-5-9)19(22)23/h4-7,11H,3H2,1-2H3,(H,15,20)(H,16,18,21). The third kappa shape index (κ3) is 3.76. The van der Waals surface area contributed by atoms with Gasteiger partial charge in [-0.3, -0.25) is 19.7 Å². The molecule has 9 heteroatoms. The smallest absolute Gasteiger partial charge is 0.275 e. The van der Waals surface area contributed by atoms with Crippen molar-refractivity contribution in [2.45, 2.75) is 26.3 Å². The first kappa shape index (κ1) is 16.3. The molecule has 1 unspecified atom stereocenters. The zero-order valence-corrected chi connectivity index (χ0v) is 12.6. The minimum Gasteiger partial charge on any atom is -0.348 e. The fourth-order valence-electron chi connectivity index (χ4n) is 2.05. The van der Waals surface area contributed by atoms with Gasteiger partial charge in [0.1, 0.15) is 0 Å². The molecule has 1 atom stereocenters. The Kier molecular flexibility index (Phi) is 4.79. The first-order chi connectivity index (χ1) is 10.9. The minimum absolute atomic E-state index is 0.0580. The van der Waals surface area contributed by atoms with Crippen LogP contribution in [0.3, 0.4) is 0 Å². The van der Waals surface area contributed by atoms with Crippen LogP contribution in [0.25, 0.3) is 11.4 Å². The molecule has 9 nitrogen and oxygen atoms in total. The van der Waals surface area contributed by atoms with Gasteiger partial charge in [0.25, 0.3) is 11.2 Å². The van der Waals surface area contributed by atoms with E-state index in [9.17, 15) is 19.7 Å². The molecule has 0 bridgehead atoms. The highest BCUT2D eigenvalue weighted by Crippen LogP contribution is 2.18. The monoisotopic (exact) mass is 317 g/mol. The van der Waals surface area contributed by atoms with E-state index in [-0.39, 0.29) is 23.1 Å². The number of rotatable bonds is 5. The van der Waals surface area contributed by atoms with Crippen LogP contribution in [0.1, 0.15) is 32.0 Å². The third-order valence-corrected chi connectivity index (χ3v) is 3.19. The maximum absolute atomic E-state index is 12.2. The van der Waals surface area contributed by atoms with Crippen LogP contribution in [-0.4, -0.2) is 26.0 Å². The first-order valence-electron chi connectivity index (χ1n) is 6.91. The van der Waals surface area contributed by atoms with Gasteiger partial charge in [0.15, 0.2) is 11.5 Å². The highest BCUT2D eigenvalue weighted by molar-refractivity contribution is 5.73. The number of carbonyl (C=O) groups is 1. The summed E-state index contributed by atoms with van der Waals surface area (Å²) in [5, 5.41) is 21.1. The Labute approximate surface area is 130 Å². The lowest BCUT2D eigenvalue weighted by Crippen LogP contribution is -2.32. The zero-order chi connectivity index (χ0) is 17.0. The van der Waals surface area contributed by atoms with Crippen molar-refractivity contribution in [1.29, 1.82) is 0 Å². The molecule has 0 aliphatic carbocycles. The van der Waals surface area contributed by atoms with E-state index in [1.165, 1.54) is 31.2 Å². The molecule has 1 aromatic heterocycles. The molecule has 2 rings (SSSR count). The molecule has 0 spiro atoms. The molecule has 1 heterocycles. The molecular weight excluding hydrogens is 302 g/mol. The number of non-ortho nitro benzene ring substituents is 1. The number of hydrogen-bond acceptors (Lipinski definition) is 6. The van der Waals surface area contributed by atoms with Gasteiger partial charge in [-0.15, -0.1) is 10.2 Å². The molecule has 2 aromatic rings. The van der Waals surface area contributed by atoms with Gasteiger partial charge in [0, 0.05) is 24.6 Å². The molecule has 120 valence electrons. The van der Waals surface area contributed by atoms with E-state index >= 15 is 0 Å². The van der Waals surface area contributed by atoms with Gasteiger partial charge < -0.3 is 10.3 Å². The van der Waals surface area contributed by atoms with Crippen molar-refractivity contribution in [1.82, 2.24) is 20.5 Å². The van der Waals surface area contributed by atoms with Crippen molar-refractivity contribution in [2.24, 2.45) is 0 Å². The number of nitro groups is 1. The molecule has 0 aliphatic heterocycles. The number of H-pyrrole nitrogens is 1. The maximum atomic E-state index is 12.2. The van der Waals surface area contributed by atoms with E-state index in [0.717, 1.165) is 0 Å². The highest BCUT2D eigenvalue weighted by Gasteiger charge is 2.17. The van der Waals surface area contributed by atoms with E-state index in [1.807, 2.05) is 6.92 Å². The number of aromatic amines is 1. The second-order valence-electron chi connectivity index (χ2n) is 4.85. The second-order valence-corrected chi connectivity index (χ2v) is 4.85. The summed E-state index contributed by atoms with van der Waals surface area (Å²) in [5.41, 5.74) is 0.0963. The lowest BCUT2D eigenvalue weighted by atomic mass is 10.1. The van der Waals surface area contributed by atoms with Crippen LogP contribution < -0.4 is 10.9 Å². The molecule has 23 heavy (non-hydrogen) atoms. The van der Waals surface area contributed by atoms with Crippen molar-refractivity contribution >= 4 is 11.6 Å². The maximum Gasteiger partial charge on any atom is 0.275 e. The molecule has 2 N–H and O–H groups in total. The Bertz CT molecular complexity index is 784. The van der Waals surface area contributed by atoms with E-state index in [1.54, 1.807) is 0 Å². The normalized spacial score (nSPS) is 11.7. The van der Waals surface area contributed by atoms with E-state index < -0.39 is 16.5 Å². The van der Waals surface area contributed by atoms with Crippen LogP contribution in [0.15, 0.2) is 29.1 Å². The third-order valence-electron chi connectivity index (χ3n) is 3.19. The van der Waals surface area contributed by atoms with E-state index in [4.69, 9.17) is 0 Å². The highest BCUT2D eigenvalue weighted by atomic mass is 16.6. The van der Waals surface area contributed by atoms with Crippen molar-refractivity contribution in [3.63, 3.8) is 0 Å². The van der Waals surface area contributed by atoms with Crippen molar-refractivity contribution in [2.75, 3.05) is 0 Å². The van der Waals surface area contributed by atoms with Gasteiger partial charge in [-0.05, 0) is 18.6 Å². The fraction of sp³-hybridized carbons (Fsp3) is 0.286. The van der Waals surface area contributed by atoms with Gasteiger partial charge in [0.2, 0.25) is 5.91 Å². The molecule has 0 radical (unpaired) electrons. The molecule has 0 saturated carbocycles. The summed E-state index contributed by atoms with van der Waals surface area (Å²) in [6, 6.07) is 5.06. The minimum atomic E-state index is -0.519. The summed E-state index contributed by atoms with van der Waals surface area (Å²) in [4.78, 5) is 36.0. The SMILES string of the molecule is CCC(NC(C)=O)c1nnc(-c2ccc([N+](=O)[O-])cc2)[nH]c1=O. The van der Waals surface area contributed by atoms with Crippen LogP contribution in [0.2, 0.25) is 0 Å². The summed E-state index contributed by atoms with van der Waals surface area (Å²) >= 11 is 0. The Morgan fingerprint density at radius 3 is 2.48 bits per heavy atom. The lowest BCUT2D eigenvalue weighted by Gasteiger charge is -2.13.